The Balaban J connectivity index is 1.72. The van der Waals surface area contributed by atoms with Crippen LogP contribution in [0.15, 0.2) is 24.3 Å². The van der Waals surface area contributed by atoms with Crippen LogP contribution in [0.1, 0.15) is 44.9 Å². The zero-order valence-corrected chi connectivity index (χ0v) is 12.0. The van der Waals surface area contributed by atoms with E-state index in [1.54, 1.807) is 19.3 Å². The van der Waals surface area contributed by atoms with Gasteiger partial charge in [0.1, 0.15) is 0 Å². The van der Waals surface area contributed by atoms with Crippen molar-refractivity contribution in [2.75, 3.05) is 0 Å². The van der Waals surface area contributed by atoms with Crippen molar-refractivity contribution in [3.8, 4) is 0 Å². The highest BCUT2D eigenvalue weighted by Gasteiger charge is 2.58. The molecule has 0 aromatic carbocycles. The smallest absolute Gasteiger partial charge is 0.0530 e. The van der Waals surface area contributed by atoms with Crippen molar-refractivity contribution < 1.29 is 0 Å². The first kappa shape index (κ1) is 10.8. The number of rotatable bonds is 1. The molecule has 5 aliphatic rings. The minimum atomic E-state index is 0.282. The molecule has 1 unspecified atom stereocenters. The van der Waals surface area contributed by atoms with Crippen molar-refractivity contribution in [1.82, 2.24) is 0 Å². The SMILES string of the molecule is BrC1(C23CC4CC(CC(C4)C2)C3)C=CC=CC1. The van der Waals surface area contributed by atoms with E-state index in [1.165, 1.54) is 25.7 Å². The average molecular weight is 293 g/mol. The molecular weight excluding hydrogens is 272 g/mol. The third-order valence-electron chi connectivity index (χ3n) is 5.94. The van der Waals surface area contributed by atoms with Gasteiger partial charge in [0, 0.05) is 0 Å². The zero-order valence-electron chi connectivity index (χ0n) is 10.4. The summed E-state index contributed by atoms with van der Waals surface area (Å²) < 4.78 is 0.282. The van der Waals surface area contributed by atoms with Crippen molar-refractivity contribution in [1.29, 1.82) is 0 Å². The van der Waals surface area contributed by atoms with Crippen molar-refractivity contribution in [3.63, 3.8) is 0 Å². The fourth-order valence-corrected chi connectivity index (χ4v) is 6.43. The van der Waals surface area contributed by atoms with Crippen LogP contribution in [0.2, 0.25) is 0 Å². The molecule has 0 amide bonds. The Morgan fingerprint density at radius 1 is 0.882 bits per heavy atom. The molecule has 4 saturated carbocycles. The molecular formula is C16H21Br. The summed E-state index contributed by atoms with van der Waals surface area (Å²) in [6.07, 6.45) is 19.6. The maximum atomic E-state index is 4.15. The maximum absolute atomic E-state index is 4.15. The molecule has 4 bridgehead atoms. The van der Waals surface area contributed by atoms with Gasteiger partial charge in [0.05, 0.1) is 4.32 Å². The molecule has 0 aromatic rings. The molecule has 0 heterocycles. The van der Waals surface area contributed by atoms with Crippen LogP contribution < -0.4 is 0 Å². The number of hydrogen-bond donors (Lipinski definition) is 0. The van der Waals surface area contributed by atoms with Crippen molar-refractivity contribution in [3.05, 3.63) is 24.3 Å². The zero-order chi connectivity index (χ0) is 11.5. The first-order valence-electron chi connectivity index (χ1n) is 7.22. The Bertz CT molecular complexity index is 357. The molecule has 0 saturated heterocycles. The lowest BCUT2D eigenvalue weighted by Gasteiger charge is -2.62. The Hall–Kier alpha value is -0.0400. The van der Waals surface area contributed by atoms with E-state index >= 15 is 0 Å². The van der Waals surface area contributed by atoms with Gasteiger partial charge in [0.15, 0.2) is 0 Å². The van der Waals surface area contributed by atoms with Gasteiger partial charge in [0.2, 0.25) is 0 Å². The van der Waals surface area contributed by atoms with Gasteiger partial charge >= 0.3 is 0 Å². The molecule has 0 nitrogen and oxygen atoms in total. The third kappa shape index (κ3) is 1.47. The van der Waals surface area contributed by atoms with E-state index in [-0.39, 0.29) is 4.32 Å². The summed E-state index contributed by atoms with van der Waals surface area (Å²) in [7, 11) is 0. The van der Waals surface area contributed by atoms with E-state index < -0.39 is 0 Å². The highest BCUT2D eigenvalue weighted by Crippen LogP contribution is 2.66. The molecule has 0 spiro atoms. The first-order chi connectivity index (χ1) is 8.19. The van der Waals surface area contributed by atoms with Crippen LogP contribution >= 0.6 is 15.9 Å². The molecule has 92 valence electrons. The quantitative estimate of drug-likeness (QED) is 0.606. The summed E-state index contributed by atoms with van der Waals surface area (Å²) >= 11 is 4.15. The molecule has 0 aromatic heterocycles. The summed E-state index contributed by atoms with van der Waals surface area (Å²) in [4.78, 5) is 0. The van der Waals surface area contributed by atoms with Crippen LogP contribution in [-0.4, -0.2) is 4.32 Å². The van der Waals surface area contributed by atoms with E-state index in [0.29, 0.717) is 5.41 Å². The van der Waals surface area contributed by atoms with Crippen LogP contribution in [0.3, 0.4) is 0 Å². The van der Waals surface area contributed by atoms with E-state index in [9.17, 15) is 0 Å². The number of allylic oxidation sites excluding steroid dienone is 4. The topological polar surface area (TPSA) is 0 Å². The van der Waals surface area contributed by atoms with E-state index in [2.05, 4.69) is 40.2 Å². The summed E-state index contributed by atoms with van der Waals surface area (Å²) in [6, 6.07) is 0. The second-order valence-electron chi connectivity index (χ2n) is 7.05. The van der Waals surface area contributed by atoms with Gasteiger partial charge in [-0.1, -0.05) is 40.2 Å². The predicted octanol–water partition coefficient (Wildman–Crippen LogP) is 4.85. The number of halogens is 1. The predicted molar refractivity (Wildman–Crippen MR) is 75.2 cm³/mol. The third-order valence-corrected chi connectivity index (χ3v) is 7.37. The van der Waals surface area contributed by atoms with Crippen molar-refractivity contribution in [2.24, 2.45) is 23.2 Å². The van der Waals surface area contributed by atoms with Crippen LogP contribution in [0.25, 0.3) is 0 Å². The van der Waals surface area contributed by atoms with Gasteiger partial charge in [-0.25, -0.2) is 0 Å². The summed E-state index contributed by atoms with van der Waals surface area (Å²) in [5.41, 5.74) is 0.586. The molecule has 1 atom stereocenters. The molecule has 17 heavy (non-hydrogen) atoms. The Morgan fingerprint density at radius 3 is 1.94 bits per heavy atom. The van der Waals surface area contributed by atoms with Gasteiger partial charge in [-0.2, -0.15) is 0 Å². The molecule has 0 N–H and O–H groups in total. The highest BCUT2D eigenvalue weighted by molar-refractivity contribution is 9.10. The average Bonchev–Trinajstić information content (AvgIpc) is 2.28. The minimum Gasteiger partial charge on any atom is -0.0828 e. The summed E-state index contributed by atoms with van der Waals surface area (Å²) in [5, 5.41) is 0. The first-order valence-corrected chi connectivity index (χ1v) is 8.02. The van der Waals surface area contributed by atoms with Gasteiger partial charge in [-0.3, -0.25) is 0 Å². The lowest BCUT2D eigenvalue weighted by molar-refractivity contribution is -0.0651. The van der Waals surface area contributed by atoms with Gasteiger partial charge < -0.3 is 0 Å². The van der Waals surface area contributed by atoms with Gasteiger partial charge in [0.25, 0.3) is 0 Å². The fourth-order valence-electron chi connectivity index (χ4n) is 5.61. The lowest BCUT2D eigenvalue weighted by atomic mass is 9.46. The Kier molecular flexibility index (Phi) is 2.23. The fraction of sp³-hybridized carbons (Fsp3) is 0.750. The van der Waals surface area contributed by atoms with Crippen molar-refractivity contribution >= 4 is 15.9 Å². The minimum absolute atomic E-state index is 0.282. The van der Waals surface area contributed by atoms with Crippen molar-refractivity contribution in [2.45, 2.75) is 49.3 Å². The largest absolute Gasteiger partial charge is 0.0828 e. The van der Waals surface area contributed by atoms with Gasteiger partial charge in [-0.05, 0) is 68.1 Å². The van der Waals surface area contributed by atoms with Crippen LogP contribution in [-0.2, 0) is 0 Å². The van der Waals surface area contributed by atoms with E-state index in [4.69, 9.17) is 0 Å². The van der Waals surface area contributed by atoms with Crippen LogP contribution in [0.5, 0.6) is 0 Å². The Morgan fingerprint density at radius 2 is 1.47 bits per heavy atom. The standard InChI is InChI=1S/C16H21Br/c17-16(4-2-1-3-5-16)15-9-12-6-13(10-15)8-14(7-12)11-15/h1-4,12-14H,5-11H2. The second kappa shape index (κ2) is 3.50. The van der Waals surface area contributed by atoms with E-state index in [1.807, 2.05) is 0 Å². The molecule has 0 aliphatic heterocycles. The molecule has 0 radical (unpaired) electrons. The maximum Gasteiger partial charge on any atom is 0.0530 e. The Labute approximate surface area is 113 Å². The highest BCUT2D eigenvalue weighted by atomic mass is 79.9. The summed E-state index contributed by atoms with van der Waals surface area (Å²) in [6.45, 7) is 0. The second-order valence-corrected chi connectivity index (χ2v) is 8.47. The monoisotopic (exact) mass is 292 g/mol. The van der Waals surface area contributed by atoms with E-state index in [0.717, 1.165) is 17.8 Å². The van der Waals surface area contributed by atoms with Crippen LogP contribution in [0, 0.1) is 23.2 Å². The molecule has 4 fully saturated rings. The molecule has 1 heteroatoms. The lowest BCUT2D eigenvalue weighted by Crippen LogP contribution is -2.55. The van der Waals surface area contributed by atoms with Gasteiger partial charge in [-0.15, -0.1) is 0 Å². The molecule has 5 aliphatic carbocycles. The molecule has 5 rings (SSSR count). The number of alkyl halides is 1. The normalized spacial score (nSPS) is 55.5. The van der Waals surface area contributed by atoms with Crippen LogP contribution in [0.4, 0.5) is 0 Å². The summed E-state index contributed by atoms with van der Waals surface area (Å²) in [5.74, 6) is 3.15. The number of hydrogen-bond acceptors (Lipinski definition) is 0.